The van der Waals surface area contributed by atoms with Gasteiger partial charge in [0.2, 0.25) is 10.0 Å². The van der Waals surface area contributed by atoms with Gasteiger partial charge in [-0.25, -0.2) is 18.5 Å². The fraction of sp³-hybridized carbons (Fsp3) is 0.267. The van der Waals surface area contributed by atoms with Crippen molar-refractivity contribution >= 4 is 27.3 Å². The number of alkyl halides is 3. The lowest BCUT2D eigenvalue weighted by molar-refractivity contribution is -0.139. The Balaban J connectivity index is 1.70. The summed E-state index contributed by atoms with van der Waals surface area (Å²) >= 11 is 0. The highest BCUT2D eigenvalue weighted by Crippen LogP contribution is 2.35. The van der Waals surface area contributed by atoms with Gasteiger partial charge in [-0.3, -0.25) is 0 Å². The highest BCUT2D eigenvalue weighted by atomic mass is 32.2. The van der Waals surface area contributed by atoms with Crippen LogP contribution in [0.15, 0.2) is 35.5 Å². The summed E-state index contributed by atoms with van der Waals surface area (Å²) < 4.78 is 63.7. The molecular formula is C15H16F3N7O2S. The van der Waals surface area contributed by atoms with Crippen molar-refractivity contribution < 1.29 is 21.6 Å². The van der Waals surface area contributed by atoms with Crippen LogP contribution in [0.25, 0.3) is 5.78 Å². The molecule has 4 N–H and O–H groups in total. The molecule has 3 aromatic rings. The third-order valence-corrected chi connectivity index (χ3v) is 4.70. The van der Waals surface area contributed by atoms with Crippen LogP contribution in [0.3, 0.4) is 0 Å². The molecule has 0 fully saturated rings. The third kappa shape index (κ3) is 4.31. The van der Waals surface area contributed by atoms with Gasteiger partial charge in [0.1, 0.15) is 12.1 Å². The van der Waals surface area contributed by atoms with Gasteiger partial charge in [-0.1, -0.05) is 0 Å². The van der Waals surface area contributed by atoms with Crippen molar-refractivity contribution in [3.05, 3.63) is 41.9 Å². The summed E-state index contributed by atoms with van der Waals surface area (Å²) in [6.07, 6.45) is -3.50. The quantitative estimate of drug-likeness (QED) is 0.522. The zero-order valence-corrected chi connectivity index (χ0v) is 15.3. The second kappa shape index (κ2) is 7.24. The predicted molar refractivity (Wildman–Crippen MR) is 95.3 cm³/mol. The lowest BCUT2D eigenvalue weighted by atomic mass is 10.2. The summed E-state index contributed by atoms with van der Waals surface area (Å²) in [5, 5.41) is 14.8. The molecule has 150 valence electrons. The first-order valence-electron chi connectivity index (χ1n) is 7.95. The van der Waals surface area contributed by atoms with Gasteiger partial charge >= 0.3 is 6.18 Å². The van der Waals surface area contributed by atoms with Crippen LogP contribution in [-0.2, 0) is 16.2 Å². The summed E-state index contributed by atoms with van der Waals surface area (Å²) in [6.45, 7) is 2.39. The monoisotopic (exact) mass is 415 g/mol. The van der Waals surface area contributed by atoms with Crippen molar-refractivity contribution in [2.75, 3.05) is 23.7 Å². The van der Waals surface area contributed by atoms with Crippen LogP contribution in [0, 0.1) is 6.92 Å². The van der Waals surface area contributed by atoms with Crippen LogP contribution in [-0.4, -0.2) is 41.1 Å². The average molecular weight is 415 g/mol. The minimum absolute atomic E-state index is 0.110. The zero-order valence-electron chi connectivity index (χ0n) is 14.5. The molecule has 1 aromatic carbocycles. The summed E-state index contributed by atoms with van der Waals surface area (Å²) in [4.78, 5) is 7.23. The van der Waals surface area contributed by atoms with Crippen molar-refractivity contribution in [3.8, 4) is 0 Å². The molecule has 0 saturated carbocycles. The fourth-order valence-corrected chi connectivity index (χ4v) is 3.30. The lowest BCUT2D eigenvalue weighted by Crippen LogP contribution is -2.20. The van der Waals surface area contributed by atoms with E-state index in [1.165, 1.54) is 16.9 Å². The van der Waals surface area contributed by atoms with E-state index in [2.05, 4.69) is 25.7 Å². The molecule has 0 aliphatic carbocycles. The molecule has 0 radical (unpaired) electrons. The largest absolute Gasteiger partial charge is 0.417 e. The van der Waals surface area contributed by atoms with E-state index >= 15 is 0 Å². The number of aromatic nitrogens is 4. The number of nitrogens with two attached hydrogens (primary N) is 1. The number of nitrogens with one attached hydrogen (secondary N) is 2. The summed E-state index contributed by atoms with van der Waals surface area (Å²) in [5.41, 5.74) is -0.482. The number of fused-ring (bicyclic) bond motifs is 1. The average Bonchev–Trinajstić information content (AvgIpc) is 3.05. The molecule has 0 spiro atoms. The molecule has 2 heterocycles. The van der Waals surface area contributed by atoms with E-state index in [1.807, 2.05) is 0 Å². The predicted octanol–water partition coefficient (Wildman–Crippen LogP) is 1.62. The molecule has 0 saturated heterocycles. The molecule has 9 nitrogen and oxygen atoms in total. The zero-order chi connectivity index (χ0) is 20.5. The van der Waals surface area contributed by atoms with Crippen LogP contribution in [0.4, 0.5) is 24.7 Å². The third-order valence-electron chi connectivity index (χ3n) is 3.73. The van der Waals surface area contributed by atoms with Crippen molar-refractivity contribution in [2.45, 2.75) is 18.0 Å². The molecule has 28 heavy (non-hydrogen) atoms. The van der Waals surface area contributed by atoms with Gasteiger partial charge in [-0.05, 0) is 25.1 Å². The van der Waals surface area contributed by atoms with E-state index in [0.29, 0.717) is 24.2 Å². The molecule has 13 heteroatoms. The molecule has 0 unspecified atom stereocenters. The van der Waals surface area contributed by atoms with Crippen molar-refractivity contribution in [2.24, 2.45) is 5.14 Å². The van der Waals surface area contributed by atoms with E-state index in [1.54, 1.807) is 13.0 Å². The van der Waals surface area contributed by atoms with Crippen LogP contribution < -0.4 is 15.8 Å². The molecule has 0 aliphatic heterocycles. The number of primary sulfonamides is 1. The van der Waals surface area contributed by atoms with Crippen molar-refractivity contribution in [3.63, 3.8) is 0 Å². The second-order valence-corrected chi connectivity index (χ2v) is 7.39. The van der Waals surface area contributed by atoms with E-state index in [9.17, 15) is 21.6 Å². The molecular weight excluding hydrogens is 399 g/mol. The van der Waals surface area contributed by atoms with Crippen molar-refractivity contribution in [1.29, 1.82) is 0 Å². The van der Waals surface area contributed by atoms with Crippen LogP contribution in [0.5, 0.6) is 0 Å². The number of hydrogen-bond donors (Lipinski definition) is 3. The van der Waals surface area contributed by atoms with Gasteiger partial charge < -0.3 is 10.6 Å². The van der Waals surface area contributed by atoms with Gasteiger partial charge in [0, 0.05) is 30.5 Å². The number of benzene rings is 1. The Hall–Kier alpha value is -2.93. The van der Waals surface area contributed by atoms with Crippen LogP contribution in [0.1, 0.15) is 11.3 Å². The molecule has 2 aromatic heterocycles. The fourth-order valence-electron chi connectivity index (χ4n) is 2.56. The maximum Gasteiger partial charge on any atom is 0.417 e. The first-order chi connectivity index (χ1) is 13.1. The Morgan fingerprint density at radius 1 is 1.18 bits per heavy atom. The van der Waals surface area contributed by atoms with Gasteiger partial charge in [-0.15, -0.1) is 0 Å². The SMILES string of the molecule is Cc1cc(NCCNc2ccc(S(N)(=O)=O)c(C(F)(F)F)c2)n2ncnc2n1. The standard InChI is InChI=1S/C15H16F3N7O2S/c1-9-6-13(25-14(24-9)22-8-23-25)21-5-4-20-10-2-3-12(28(19,26)27)11(7-10)15(16,17)18/h2-3,6-8,20-21H,4-5H2,1H3,(H2,19,26,27). The molecule has 0 atom stereocenters. The molecule has 0 bridgehead atoms. The molecule has 3 rings (SSSR count). The minimum Gasteiger partial charge on any atom is -0.383 e. The highest BCUT2D eigenvalue weighted by Gasteiger charge is 2.36. The first-order valence-corrected chi connectivity index (χ1v) is 9.49. The normalized spacial score (nSPS) is 12.3. The number of halogens is 3. The van der Waals surface area contributed by atoms with E-state index in [0.717, 1.165) is 11.8 Å². The topological polar surface area (TPSA) is 127 Å². The highest BCUT2D eigenvalue weighted by molar-refractivity contribution is 7.89. The number of hydrogen-bond acceptors (Lipinski definition) is 7. The van der Waals surface area contributed by atoms with E-state index in [-0.39, 0.29) is 12.2 Å². The Morgan fingerprint density at radius 2 is 1.89 bits per heavy atom. The van der Waals surface area contributed by atoms with E-state index < -0.39 is 26.7 Å². The Morgan fingerprint density at radius 3 is 2.57 bits per heavy atom. The summed E-state index contributed by atoms with van der Waals surface area (Å²) in [5.74, 6) is 1.05. The summed E-state index contributed by atoms with van der Waals surface area (Å²) in [7, 11) is -4.50. The second-order valence-electron chi connectivity index (χ2n) is 5.86. The maximum absolute atomic E-state index is 13.1. The number of aryl methyl sites for hydroxylation is 1. The van der Waals surface area contributed by atoms with Gasteiger partial charge in [0.25, 0.3) is 5.78 Å². The lowest BCUT2D eigenvalue weighted by Gasteiger charge is -2.15. The molecule has 0 aliphatic rings. The Labute approximate surface area is 157 Å². The van der Waals surface area contributed by atoms with Gasteiger partial charge in [-0.2, -0.15) is 27.8 Å². The molecule has 0 amide bonds. The van der Waals surface area contributed by atoms with Crippen LogP contribution >= 0.6 is 0 Å². The number of sulfonamides is 1. The number of anilines is 2. The van der Waals surface area contributed by atoms with Gasteiger partial charge in [0.05, 0.1) is 10.5 Å². The van der Waals surface area contributed by atoms with Gasteiger partial charge in [0.15, 0.2) is 0 Å². The maximum atomic E-state index is 13.1. The van der Waals surface area contributed by atoms with Crippen molar-refractivity contribution in [1.82, 2.24) is 19.6 Å². The number of nitrogens with zero attached hydrogens (tertiary/aromatic N) is 4. The Kier molecular flexibility index (Phi) is 5.12. The van der Waals surface area contributed by atoms with E-state index in [4.69, 9.17) is 5.14 Å². The Bertz CT molecular complexity index is 1110. The summed E-state index contributed by atoms with van der Waals surface area (Å²) in [6, 6.07) is 4.52. The minimum atomic E-state index is -4.86. The smallest absolute Gasteiger partial charge is 0.383 e. The first kappa shape index (κ1) is 19.8. The van der Waals surface area contributed by atoms with Crippen LogP contribution in [0.2, 0.25) is 0 Å². The number of rotatable bonds is 6.